The first kappa shape index (κ1) is 22.0. The van der Waals surface area contributed by atoms with Gasteiger partial charge in [-0.05, 0) is 53.4 Å². The number of benzene rings is 1. The van der Waals surface area contributed by atoms with Gasteiger partial charge in [0, 0.05) is 25.6 Å². The van der Waals surface area contributed by atoms with Crippen LogP contribution in [0.1, 0.15) is 31.4 Å². The van der Waals surface area contributed by atoms with E-state index in [-0.39, 0.29) is 6.61 Å². The first-order chi connectivity index (χ1) is 14.1. The van der Waals surface area contributed by atoms with E-state index in [1.807, 2.05) is 6.07 Å². The van der Waals surface area contributed by atoms with E-state index in [9.17, 15) is 4.79 Å². The van der Waals surface area contributed by atoms with Crippen LogP contribution in [0.4, 0.5) is 0 Å². The molecule has 6 nitrogen and oxygen atoms in total. The molecule has 0 aliphatic heterocycles. The van der Waals surface area contributed by atoms with Gasteiger partial charge < -0.3 is 14.6 Å². The number of aliphatic carboxylic acids is 1. The lowest BCUT2D eigenvalue weighted by Gasteiger charge is -2.28. The largest absolute Gasteiger partial charge is 0.480 e. The Morgan fingerprint density at radius 1 is 1.21 bits per heavy atom. The molecule has 0 radical (unpaired) electrons. The standard InChI is InChI=1S/C22H29BrN2O4/c1-28-12-11-19-21(23)22(18-5-3-2-4-6-18)25(24-19)13-16-7-9-17(10-8-16)14-29-15-20(26)27/h2-6,16-17H,7-15H2,1H3,(H,26,27). The first-order valence-corrected chi connectivity index (χ1v) is 11.0. The van der Waals surface area contributed by atoms with E-state index >= 15 is 0 Å². The predicted octanol–water partition coefficient (Wildman–Crippen LogP) is 4.41. The molecule has 0 unspecified atom stereocenters. The van der Waals surface area contributed by atoms with E-state index in [4.69, 9.17) is 19.7 Å². The predicted molar refractivity (Wildman–Crippen MR) is 115 cm³/mol. The summed E-state index contributed by atoms with van der Waals surface area (Å²) in [5.41, 5.74) is 3.32. The molecule has 7 heteroatoms. The van der Waals surface area contributed by atoms with Gasteiger partial charge in [-0.25, -0.2) is 4.79 Å². The van der Waals surface area contributed by atoms with Gasteiger partial charge in [0.05, 0.1) is 29.1 Å². The van der Waals surface area contributed by atoms with Crippen LogP contribution in [0.25, 0.3) is 11.3 Å². The van der Waals surface area contributed by atoms with Crippen molar-refractivity contribution in [3.8, 4) is 11.3 Å². The second-order valence-corrected chi connectivity index (χ2v) is 8.49. The third-order valence-electron chi connectivity index (χ3n) is 5.53. The second-order valence-electron chi connectivity index (χ2n) is 7.70. The zero-order valence-electron chi connectivity index (χ0n) is 16.8. The molecule has 1 saturated carbocycles. The fraction of sp³-hybridized carbons (Fsp3) is 0.545. The Bertz CT molecular complexity index is 786. The fourth-order valence-corrected chi connectivity index (χ4v) is 4.70. The average Bonchev–Trinajstić information content (AvgIpc) is 3.03. The van der Waals surface area contributed by atoms with Gasteiger partial charge in [0.2, 0.25) is 0 Å². The molecule has 1 heterocycles. The van der Waals surface area contributed by atoms with Crippen LogP contribution in [-0.2, 0) is 27.2 Å². The summed E-state index contributed by atoms with van der Waals surface area (Å²) in [6.07, 6.45) is 5.14. The number of halogens is 1. The SMILES string of the molecule is COCCc1nn(CC2CCC(COCC(=O)O)CC2)c(-c2ccccc2)c1Br. The van der Waals surface area contributed by atoms with Gasteiger partial charge in [0.25, 0.3) is 0 Å². The summed E-state index contributed by atoms with van der Waals surface area (Å²) in [5, 5.41) is 13.6. The Hall–Kier alpha value is -1.70. The Balaban J connectivity index is 1.66. The molecule has 0 amide bonds. The highest BCUT2D eigenvalue weighted by Gasteiger charge is 2.25. The molecule has 3 rings (SSSR count). The lowest BCUT2D eigenvalue weighted by atomic mass is 9.82. The van der Waals surface area contributed by atoms with Crippen LogP contribution in [0.15, 0.2) is 34.8 Å². The molecular formula is C22H29BrN2O4. The molecule has 1 aromatic carbocycles. The molecule has 1 N–H and O–H groups in total. The zero-order valence-corrected chi connectivity index (χ0v) is 18.4. The van der Waals surface area contributed by atoms with E-state index in [0.717, 1.165) is 60.1 Å². The number of ether oxygens (including phenoxy) is 2. The monoisotopic (exact) mass is 464 g/mol. The van der Waals surface area contributed by atoms with Gasteiger partial charge in [-0.15, -0.1) is 0 Å². The van der Waals surface area contributed by atoms with E-state index in [2.05, 4.69) is 44.9 Å². The Kier molecular flexibility index (Phi) is 8.27. The fourth-order valence-electron chi connectivity index (χ4n) is 3.99. The quantitative estimate of drug-likeness (QED) is 0.563. The van der Waals surface area contributed by atoms with Crippen molar-refractivity contribution in [2.24, 2.45) is 11.8 Å². The Labute approximate surface area is 180 Å². The van der Waals surface area contributed by atoms with Gasteiger partial charge in [-0.3, -0.25) is 4.68 Å². The minimum atomic E-state index is -0.902. The Morgan fingerprint density at radius 3 is 2.55 bits per heavy atom. The molecule has 29 heavy (non-hydrogen) atoms. The van der Waals surface area contributed by atoms with Crippen LogP contribution in [0.5, 0.6) is 0 Å². The van der Waals surface area contributed by atoms with Crippen molar-refractivity contribution in [1.82, 2.24) is 9.78 Å². The summed E-state index contributed by atoms with van der Waals surface area (Å²) in [7, 11) is 1.71. The van der Waals surface area contributed by atoms with Crippen molar-refractivity contribution in [1.29, 1.82) is 0 Å². The number of aromatic nitrogens is 2. The van der Waals surface area contributed by atoms with Crippen LogP contribution in [-0.4, -0.2) is 47.8 Å². The summed E-state index contributed by atoms with van der Waals surface area (Å²) < 4.78 is 13.7. The number of carboxylic acids is 1. The molecule has 1 fully saturated rings. The molecule has 1 aliphatic rings. The van der Waals surface area contributed by atoms with Crippen molar-refractivity contribution in [2.45, 2.75) is 38.6 Å². The molecule has 0 bridgehead atoms. The lowest BCUT2D eigenvalue weighted by Crippen LogP contribution is -2.23. The molecule has 158 valence electrons. The van der Waals surface area contributed by atoms with Crippen LogP contribution >= 0.6 is 15.9 Å². The number of nitrogens with zero attached hydrogens (tertiary/aromatic N) is 2. The summed E-state index contributed by atoms with van der Waals surface area (Å²) >= 11 is 3.78. The van der Waals surface area contributed by atoms with Crippen molar-refractivity contribution >= 4 is 21.9 Å². The van der Waals surface area contributed by atoms with Gasteiger partial charge in [-0.2, -0.15) is 5.10 Å². The van der Waals surface area contributed by atoms with E-state index < -0.39 is 5.97 Å². The molecule has 0 saturated heterocycles. The molecule has 0 atom stereocenters. The van der Waals surface area contributed by atoms with Gasteiger partial charge >= 0.3 is 5.97 Å². The molecule has 2 aromatic rings. The molecule has 0 spiro atoms. The van der Waals surface area contributed by atoms with Gasteiger partial charge in [-0.1, -0.05) is 30.3 Å². The van der Waals surface area contributed by atoms with Gasteiger partial charge in [0.15, 0.2) is 0 Å². The highest BCUT2D eigenvalue weighted by Crippen LogP contribution is 2.35. The van der Waals surface area contributed by atoms with E-state index in [0.29, 0.717) is 25.0 Å². The maximum atomic E-state index is 10.6. The zero-order chi connectivity index (χ0) is 20.6. The summed E-state index contributed by atoms with van der Waals surface area (Å²) in [6.45, 7) is 1.87. The summed E-state index contributed by atoms with van der Waals surface area (Å²) in [6, 6.07) is 10.4. The molecular weight excluding hydrogens is 436 g/mol. The van der Waals surface area contributed by atoms with Crippen LogP contribution < -0.4 is 0 Å². The maximum Gasteiger partial charge on any atom is 0.329 e. The van der Waals surface area contributed by atoms with Gasteiger partial charge in [0.1, 0.15) is 6.61 Å². The smallest absolute Gasteiger partial charge is 0.329 e. The van der Waals surface area contributed by atoms with Crippen molar-refractivity contribution < 1.29 is 19.4 Å². The van der Waals surface area contributed by atoms with Crippen LogP contribution in [0, 0.1) is 11.8 Å². The highest BCUT2D eigenvalue weighted by molar-refractivity contribution is 9.10. The number of methoxy groups -OCH3 is 1. The number of hydrogen-bond donors (Lipinski definition) is 1. The number of carbonyl (C=O) groups is 1. The van der Waals surface area contributed by atoms with Crippen molar-refractivity contribution in [3.63, 3.8) is 0 Å². The number of rotatable bonds is 10. The maximum absolute atomic E-state index is 10.6. The second kappa shape index (κ2) is 10.9. The third-order valence-corrected chi connectivity index (χ3v) is 6.36. The Morgan fingerprint density at radius 2 is 1.90 bits per heavy atom. The summed E-state index contributed by atoms with van der Waals surface area (Å²) in [4.78, 5) is 10.6. The first-order valence-electron chi connectivity index (χ1n) is 10.2. The third kappa shape index (κ3) is 6.14. The minimum absolute atomic E-state index is 0.202. The number of carboxylic acid groups (broad SMARTS) is 1. The molecule has 1 aromatic heterocycles. The van der Waals surface area contributed by atoms with Crippen molar-refractivity contribution in [2.75, 3.05) is 26.9 Å². The average molecular weight is 465 g/mol. The normalized spacial score (nSPS) is 19.4. The summed E-state index contributed by atoms with van der Waals surface area (Å²) in [5.74, 6) is 0.122. The van der Waals surface area contributed by atoms with E-state index in [1.54, 1.807) is 7.11 Å². The minimum Gasteiger partial charge on any atom is -0.480 e. The van der Waals surface area contributed by atoms with Crippen LogP contribution in [0.3, 0.4) is 0 Å². The number of hydrogen-bond acceptors (Lipinski definition) is 4. The van der Waals surface area contributed by atoms with E-state index in [1.165, 1.54) is 0 Å². The highest BCUT2D eigenvalue weighted by atomic mass is 79.9. The van der Waals surface area contributed by atoms with Crippen LogP contribution in [0.2, 0.25) is 0 Å². The van der Waals surface area contributed by atoms with Crippen molar-refractivity contribution in [3.05, 3.63) is 40.5 Å². The lowest BCUT2D eigenvalue weighted by molar-refractivity contribution is -0.142. The molecule has 1 aliphatic carbocycles. The topological polar surface area (TPSA) is 73.6 Å².